The van der Waals surface area contributed by atoms with E-state index in [1.54, 1.807) is 7.11 Å². The highest BCUT2D eigenvalue weighted by molar-refractivity contribution is 6.30. The van der Waals surface area contributed by atoms with Crippen molar-refractivity contribution < 1.29 is 4.74 Å². The Morgan fingerprint density at radius 3 is 2.45 bits per heavy atom. The maximum absolute atomic E-state index is 6.01. The van der Waals surface area contributed by atoms with Crippen molar-refractivity contribution >= 4 is 17.3 Å². The van der Waals surface area contributed by atoms with E-state index in [4.69, 9.17) is 22.1 Å². The third-order valence-electron chi connectivity index (χ3n) is 3.25. The average molecular weight is 291 g/mol. The van der Waals surface area contributed by atoms with Crippen LogP contribution in [0.25, 0.3) is 0 Å². The molecule has 106 valence electrons. The van der Waals surface area contributed by atoms with Gasteiger partial charge in [-0.2, -0.15) is 0 Å². The van der Waals surface area contributed by atoms with Gasteiger partial charge in [0.25, 0.3) is 0 Å². The molecule has 3 nitrogen and oxygen atoms in total. The van der Waals surface area contributed by atoms with Crippen LogP contribution in [0.5, 0.6) is 5.75 Å². The number of nitrogens with two attached hydrogens (primary N) is 1. The largest absolute Gasteiger partial charge is 0.497 e. The van der Waals surface area contributed by atoms with Crippen LogP contribution in [-0.2, 0) is 13.1 Å². The molecule has 0 saturated heterocycles. The van der Waals surface area contributed by atoms with Crippen molar-refractivity contribution in [1.29, 1.82) is 0 Å². The summed E-state index contributed by atoms with van der Waals surface area (Å²) < 4.78 is 5.16. The lowest BCUT2D eigenvalue weighted by molar-refractivity contribution is 0.414. The van der Waals surface area contributed by atoms with E-state index in [-0.39, 0.29) is 0 Å². The molecule has 0 radical (unpaired) electrons. The van der Waals surface area contributed by atoms with Crippen molar-refractivity contribution in [1.82, 2.24) is 0 Å². The van der Waals surface area contributed by atoms with Gasteiger partial charge in [0, 0.05) is 30.8 Å². The molecule has 0 aliphatic heterocycles. The van der Waals surface area contributed by atoms with E-state index in [2.05, 4.69) is 17.0 Å². The molecule has 0 amide bonds. The highest BCUT2D eigenvalue weighted by Crippen LogP contribution is 2.24. The van der Waals surface area contributed by atoms with E-state index in [0.29, 0.717) is 11.6 Å². The second-order valence-electron chi connectivity index (χ2n) is 4.68. The van der Waals surface area contributed by atoms with Crippen LogP contribution < -0.4 is 15.4 Å². The molecule has 0 spiro atoms. The zero-order chi connectivity index (χ0) is 14.5. The maximum atomic E-state index is 6.01. The van der Waals surface area contributed by atoms with E-state index < -0.39 is 0 Å². The Kier molecular flexibility index (Phi) is 4.88. The summed E-state index contributed by atoms with van der Waals surface area (Å²) >= 11 is 6.01. The molecular formula is C16H19ClN2O. The lowest BCUT2D eigenvalue weighted by Gasteiger charge is -2.22. The number of ether oxygens (including phenoxy) is 1. The number of halogens is 1. The fourth-order valence-corrected chi connectivity index (χ4v) is 2.37. The predicted octanol–water partition coefficient (Wildman–Crippen LogP) is 3.44. The van der Waals surface area contributed by atoms with Gasteiger partial charge in [0.1, 0.15) is 5.75 Å². The molecule has 0 aromatic heterocycles. The smallest absolute Gasteiger partial charge is 0.118 e. The predicted molar refractivity (Wildman–Crippen MR) is 84.4 cm³/mol. The molecule has 0 fully saturated rings. The van der Waals surface area contributed by atoms with E-state index in [0.717, 1.165) is 23.5 Å². The van der Waals surface area contributed by atoms with Gasteiger partial charge in [0.15, 0.2) is 0 Å². The highest BCUT2D eigenvalue weighted by Gasteiger charge is 2.08. The third-order valence-corrected chi connectivity index (χ3v) is 3.49. The molecule has 0 aliphatic rings. The summed E-state index contributed by atoms with van der Waals surface area (Å²) in [6, 6.07) is 13.9. The third kappa shape index (κ3) is 3.44. The van der Waals surface area contributed by atoms with Gasteiger partial charge in [0.05, 0.1) is 7.11 Å². The monoisotopic (exact) mass is 290 g/mol. The van der Waals surface area contributed by atoms with Gasteiger partial charge < -0.3 is 15.4 Å². The van der Waals surface area contributed by atoms with Crippen LogP contribution in [0.2, 0.25) is 5.02 Å². The highest BCUT2D eigenvalue weighted by atomic mass is 35.5. The van der Waals surface area contributed by atoms with Crippen molar-refractivity contribution in [3.05, 3.63) is 58.6 Å². The Morgan fingerprint density at radius 1 is 1.15 bits per heavy atom. The SMILES string of the molecule is COc1ccc(CN(C)c2ccc(Cl)cc2CN)cc1. The molecule has 0 heterocycles. The van der Waals surface area contributed by atoms with Crippen LogP contribution in [0.4, 0.5) is 5.69 Å². The number of nitrogens with zero attached hydrogens (tertiary/aromatic N) is 1. The number of hydrogen-bond donors (Lipinski definition) is 1. The topological polar surface area (TPSA) is 38.5 Å². The Hall–Kier alpha value is -1.71. The quantitative estimate of drug-likeness (QED) is 0.917. The van der Waals surface area contributed by atoms with E-state index in [9.17, 15) is 0 Å². The Labute approximate surface area is 124 Å². The second-order valence-corrected chi connectivity index (χ2v) is 5.12. The summed E-state index contributed by atoms with van der Waals surface area (Å²) in [5.41, 5.74) is 9.15. The van der Waals surface area contributed by atoms with Gasteiger partial charge >= 0.3 is 0 Å². The minimum Gasteiger partial charge on any atom is -0.497 e. The van der Waals surface area contributed by atoms with Crippen molar-refractivity contribution in [3.63, 3.8) is 0 Å². The van der Waals surface area contributed by atoms with Gasteiger partial charge in [-0.1, -0.05) is 23.7 Å². The van der Waals surface area contributed by atoms with E-state index in [1.165, 1.54) is 5.56 Å². The minimum atomic E-state index is 0.475. The Morgan fingerprint density at radius 2 is 1.85 bits per heavy atom. The normalized spacial score (nSPS) is 10.4. The number of hydrogen-bond acceptors (Lipinski definition) is 3. The fraction of sp³-hybridized carbons (Fsp3) is 0.250. The first-order chi connectivity index (χ1) is 9.63. The van der Waals surface area contributed by atoms with Crippen LogP contribution in [0.15, 0.2) is 42.5 Å². The van der Waals surface area contributed by atoms with Crippen LogP contribution in [0.3, 0.4) is 0 Å². The van der Waals surface area contributed by atoms with Crippen LogP contribution >= 0.6 is 11.6 Å². The van der Waals surface area contributed by atoms with Crippen molar-refractivity contribution in [3.8, 4) is 5.75 Å². The number of rotatable bonds is 5. The molecule has 2 N–H and O–H groups in total. The second kappa shape index (κ2) is 6.64. The van der Waals surface area contributed by atoms with Crippen molar-refractivity contribution in [2.75, 3.05) is 19.1 Å². The van der Waals surface area contributed by atoms with Gasteiger partial charge in [-0.25, -0.2) is 0 Å². The molecule has 0 bridgehead atoms. The molecule has 0 aliphatic carbocycles. The van der Waals surface area contributed by atoms with Gasteiger partial charge in [-0.05, 0) is 41.5 Å². The first-order valence-electron chi connectivity index (χ1n) is 6.46. The number of anilines is 1. The standard InChI is InChI=1S/C16H19ClN2O/c1-19(11-12-3-6-15(20-2)7-4-12)16-8-5-14(17)9-13(16)10-18/h3-9H,10-11,18H2,1-2H3. The zero-order valence-electron chi connectivity index (χ0n) is 11.8. The van der Waals surface area contributed by atoms with E-state index in [1.807, 2.05) is 37.4 Å². The Balaban J connectivity index is 2.16. The molecule has 2 aromatic rings. The zero-order valence-corrected chi connectivity index (χ0v) is 12.5. The summed E-state index contributed by atoms with van der Waals surface area (Å²) in [6.45, 7) is 1.28. The van der Waals surface area contributed by atoms with Crippen LogP contribution in [-0.4, -0.2) is 14.2 Å². The number of methoxy groups -OCH3 is 1. The summed E-state index contributed by atoms with van der Waals surface area (Å²) in [5.74, 6) is 0.866. The Bertz CT molecular complexity index is 569. The summed E-state index contributed by atoms with van der Waals surface area (Å²) in [4.78, 5) is 2.17. The molecule has 0 unspecified atom stereocenters. The molecule has 0 saturated carbocycles. The van der Waals surface area contributed by atoms with Crippen LogP contribution in [0, 0.1) is 0 Å². The maximum Gasteiger partial charge on any atom is 0.118 e. The van der Waals surface area contributed by atoms with Gasteiger partial charge in [0.2, 0.25) is 0 Å². The lowest BCUT2D eigenvalue weighted by Crippen LogP contribution is -2.18. The molecule has 0 atom stereocenters. The molecular weight excluding hydrogens is 272 g/mol. The average Bonchev–Trinajstić information content (AvgIpc) is 2.47. The van der Waals surface area contributed by atoms with E-state index >= 15 is 0 Å². The summed E-state index contributed by atoms with van der Waals surface area (Å²) in [6.07, 6.45) is 0. The van der Waals surface area contributed by atoms with Crippen molar-refractivity contribution in [2.24, 2.45) is 5.73 Å². The molecule has 20 heavy (non-hydrogen) atoms. The molecule has 2 aromatic carbocycles. The first kappa shape index (κ1) is 14.7. The molecule has 4 heteroatoms. The first-order valence-corrected chi connectivity index (χ1v) is 6.84. The summed E-state index contributed by atoms with van der Waals surface area (Å²) in [7, 11) is 3.72. The van der Waals surface area contributed by atoms with Gasteiger partial charge in [-0.3, -0.25) is 0 Å². The summed E-state index contributed by atoms with van der Waals surface area (Å²) in [5, 5.41) is 0.715. The van der Waals surface area contributed by atoms with Gasteiger partial charge in [-0.15, -0.1) is 0 Å². The number of benzene rings is 2. The molecule has 2 rings (SSSR count). The lowest BCUT2D eigenvalue weighted by atomic mass is 10.1. The van der Waals surface area contributed by atoms with Crippen LogP contribution in [0.1, 0.15) is 11.1 Å². The minimum absolute atomic E-state index is 0.475. The van der Waals surface area contributed by atoms with Crippen molar-refractivity contribution in [2.45, 2.75) is 13.1 Å². The fourth-order valence-electron chi connectivity index (χ4n) is 2.18.